The topological polar surface area (TPSA) is 23.8 Å². The van der Waals surface area contributed by atoms with Gasteiger partial charge in [0.2, 0.25) is 0 Å². The van der Waals surface area contributed by atoms with Crippen LogP contribution in [0.25, 0.3) is 0 Å². The fourth-order valence-electron chi connectivity index (χ4n) is 0.449. The van der Waals surface area contributed by atoms with Gasteiger partial charge in [-0.1, -0.05) is 19.1 Å². The highest BCUT2D eigenvalue weighted by molar-refractivity contribution is 4.84. The highest BCUT2D eigenvalue weighted by atomic mass is 14.3. The molecule has 0 aromatic rings. The number of nitriles is 1. The summed E-state index contributed by atoms with van der Waals surface area (Å²) in [7, 11) is 0. The minimum atomic E-state index is -3.05. The zero-order valence-corrected chi connectivity index (χ0v) is 4.23. The van der Waals surface area contributed by atoms with Crippen LogP contribution in [0.15, 0.2) is 0 Å². The number of nitrogens with zero attached hydrogens (tertiary/aromatic N) is 1. The summed E-state index contributed by atoms with van der Waals surface area (Å²) in [6, 6.07) is 1.52. The standard InChI is InChI=1S/C7H11N/c8-6-7-4-2-1-3-5-7/h7H,1-5H2/i1D2,2D2,3D2,4D2. The van der Waals surface area contributed by atoms with E-state index in [2.05, 4.69) is 0 Å². The van der Waals surface area contributed by atoms with Crippen LogP contribution in [-0.2, 0) is 0 Å². The lowest BCUT2D eigenvalue weighted by atomic mass is 9.91. The van der Waals surface area contributed by atoms with Gasteiger partial charge in [-0.3, -0.25) is 0 Å². The van der Waals surface area contributed by atoms with E-state index in [4.69, 9.17) is 16.2 Å². The second-order valence-corrected chi connectivity index (χ2v) is 1.46. The quantitative estimate of drug-likeness (QED) is 0.476. The van der Waals surface area contributed by atoms with E-state index < -0.39 is 37.8 Å². The Kier molecular flexibility index (Phi) is 0.446. The van der Waals surface area contributed by atoms with Crippen LogP contribution >= 0.6 is 0 Å². The highest BCUT2D eigenvalue weighted by Crippen LogP contribution is 2.22. The zero-order valence-electron chi connectivity index (χ0n) is 12.2. The molecule has 1 rings (SSSR count). The molecule has 0 amide bonds. The van der Waals surface area contributed by atoms with Gasteiger partial charge in [0.05, 0.1) is 6.07 Å². The average Bonchev–Trinajstić information content (AvgIpc) is 2.11. The number of rotatable bonds is 0. The number of hydrogen-bond donors (Lipinski definition) is 0. The van der Waals surface area contributed by atoms with Crippen molar-refractivity contribution in [3.05, 3.63) is 0 Å². The molecule has 1 saturated carbocycles. The summed E-state index contributed by atoms with van der Waals surface area (Å²) in [5.41, 5.74) is 0. The lowest BCUT2D eigenvalue weighted by molar-refractivity contribution is 0.427. The highest BCUT2D eigenvalue weighted by Gasteiger charge is 2.10. The summed E-state index contributed by atoms with van der Waals surface area (Å²) < 4.78 is 59.6. The van der Waals surface area contributed by atoms with Crippen LogP contribution in [0.3, 0.4) is 0 Å². The smallest absolute Gasteiger partial charge is 0.0655 e. The molecule has 0 spiro atoms. The molecule has 1 nitrogen and oxygen atoms in total. The van der Waals surface area contributed by atoms with Crippen molar-refractivity contribution < 1.29 is 11.0 Å². The molecule has 0 aromatic carbocycles. The molecule has 44 valence electrons. The Morgan fingerprint density at radius 1 is 1.50 bits per heavy atom. The van der Waals surface area contributed by atoms with E-state index in [9.17, 15) is 0 Å². The fourth-order valence-corrected chi connectivity index (χ4v) is 0.449. The monoisotopic (exact) mass is 117 g/mol. The lowest BCUT2D eigenvalue weighted by Crippen LogP contribution is -2.02. The summed E-state index contributed by atoms with van der Waals surface area (Å²) in [5.74, 6) is -1.50. The van der Waals surface area contributed by atoms with Gasteiger partial charge in [-0.25, -0.2) is 0 Å². The molecule has 0 N–H and O–H groups in total. The first kappa shape index (κ1) is 1.31. The molecular weight excluding hydrogens is 98.1 g/mol. The minimum absolute atomic E-state index is 0.650. The van der Waals surface area contributed by atoms with Gasteiger partial charge in [-0.05, 0) is 12.8 Å². The van der Waals surface area contributed by atoms with Crippen LogP contribution in [0.1, 0.15) is 42.9 Å². The normalized spacial score (nSPS) is 69.1. The van der Waals surface area contributed by atoms with E-state index in [1.807, 2.05) is 0 Å². The van der Waals surface area contributed by atoms with E-state index in [1.54, 1.807) is 0 Å². The van der Waals surface area contributed by atoms with E-state index in [-0.39, 0.29) is 0 Å². The van der Waals surface area contributed by atoms with Gasteiger partial charge in [-0.15, -0.1) is 0 Å². The van der Waals surface area contributed by atoms with Gasteiger partial charge in [0.25, 0.3) is 0 Å². The van der Waals surface area contributed by atoms with Gasteiger partial charge in [0.15, 0.2) is 0 Å². The van der Waals surface area contributed by atoms with Crippen molar-refractivity contribution in [1.29, 1.82) is 5.26 Å². The van der Waals surface area contributed by atoms with Crippen LogP contribution in [0.2, 0.25) is 0 Å². The Morgan fingerprint density at radius 3 is 3.12 bits per heavy atom. The van der Waals surface area contributed by atoms with Crippen LogP contribution < -0.4 is 0 Å². The van der Waals surface area contributed by atoms with Crippen LogP contribution in [0.5, 0.6) is 0 Å². The van der Waals surface area contributed by atoms with Crippen molar-refractivity contribution in [2.45, 2.75) is 31.9 Å². The Balaban J connectivity index is 3.37. The molecule has 0 radical (unpaired) electrons. The summed E-state index contributed by atoms with van der Waals surface area (Å²) in [4.78, 5) is 0. The summed E-state index contributed by atoms with van der Waals surface area (Å²) in [6.45, 7) is 0. The van der Waals surface area contributed by atoms with Crippen molar-refractivity contribution in [2.24, 2.45) is 5.92 Å². The molecule has 1 unspecified atom stereocenters. The first-order valence-electron chi connectivity index (χ1n) is 6.31. The SMILES string of the molecule is [2H]C1([2H])CC(C#N)C([2H])([2H])C([2H])([2H])C1([2H])[2H]. The van der Waals surface area contributed by atoms with E-state index in [0.29, 0.717) is 0 Å². The Morgan fingerprint density at radius 2 is 2.38 bits per heavy atom. The summed E-state index contributed by atoms with van der Waals surface area (Å²) in [6.07, 6.45) is -12.0. The average molecular weight is 117 g/mol. The molecular formula is C7H11N. The number of hydrogen-bond acceptors (Lipinski definition) is 1. The molecule has 0 aromatic heterocycles. The van der Waals surface area contributed by atoms with Gasteiger partial charge in [-0.2, -0.15) is 5.26 Å². The van der Waals surface area contributed by atoms with Crippen molar-refractivity contribution in [3.63, 3.8) is 0 Å². The molecule has 1 atom stereocenters. The third-order valence-corrected chi connectivity index (χ3v) is 0.859. The van der Waals surface area contributed by atoms with Crippen LogP contribution in [0.4, 0.5) is 0 Å². The maximum Gasteiger partial charge on any atom is 0.0655 e. The molecule has 0 heterocycles. The second-order valence-electron chi connectivity index (χ2n) is 1.46. The maximum atomic E-state index is 8.72. The molecule has 0 aliphatic heterocycles. The molecule has 1 fully saturated rings. The molecule has 8 heavy (non-hydrogen) atoms. The van der Waals surface area contributed by atoms with Crippen molar-refractivity contribution in [3.8, 4) is 6.07 Å². The Bertz CT molecular complexity index is 341. The van der Waals surface area contributed by atoms with E-state index >= 15 is 0 Å². The first-order chi connectivity index (χ1) is 6.92. The summed E-state index contributed by atoms with van der Waals surface area (Å²) in [5, 5.41) is 8.72. The zero-order chi connectivity index (χ0) is 13.0. The van der Waals surface area contributed by atoms with E-state index in [0.717, 1.165) is 0 Å². The van der Waals surface area contributed by atoms with Crippen molar-refractivity contribution in [2.75, 3.05) is 0 Å². The van der Waals surface area contributed by atoms with Gasteiger partial charge < -0.3 is 0 Å². The molecule has 1 aliphatic rings. The van der Waals surface area contributed by atoms with Crippen LogP contribution in [0, 0.1) is 17.2 Å². The van der Waals surface area contributed by atoms with Crippen molar-refractivity contribution in [1.82, 2.24) is 0 Å². The molecule has 1 heteroatoms. The largest absolute Gasteiger partial charge is 0.198 e. The fraction of sp³-hybridized carbons (Fsp3) is 0.857. The minimum Gasteiger partial charge on any atom is -0.198 e. The third kappa shape index (κ3) is 1.23. The molecule has 0 bridgehead atoms. The van der Waals surface area contributed by atoms with Crippen LogP contribution in [-0.4, -0.2) is 0 Å². The third-order valence-electron chi connectivity index (χ3n) is 0.859. The predicted molar refractivity (Wildman–Crippen MR) is 32.2 cm³/mol. The first-order valence-corrected chi connectivity index (χ1v) is 2.31. The molecule has 0 saturated heterocycles. The second kappa shape index (κ2) is 2.71. The lowest BCUT2D eigenvalue weighted by Gasteiger charge is -2.13. The van der Waals surface area contributed by atoms with Gasteiger partial charge in [0.1, 0.15) is 0 Å². The van der Waals surface area contributed by atoms with Crippen molar-refractivity contribution >= 4 is 0 Å². The Hall–Kier alpha value is -0.510. The summed E-state index contributed by atoms with van der Waals surface area (Å²) >= 11 is 0. The maximum absolute atomic E-state index is 8.72. The predicted octanol–water partition coefficient (Wildman–Crippen LogP) is 2.09. The molecule has 1 aliphatic carbocycles. The van der Waals surface area contributed by atoms with Gasteiger partial charge in [0, 0.05) is 16.9 Å². The van der Waals surface area contributed by atoms with E-state index in [1.165, 1.54) is 6.07 Å². The Labute approximate surface area is 61.6 Å². The van der Waals surface area contributed by atoms with Gasteiger partial charge >= 0.3 is 0 Å².